The summed E-state index contributed by atoms with van der Waals surface area (Å²) in [6.07, 6.45) is 0.976. The Morgan fingerprint density at radius 1 is 1.24 bits per heavy atom. The van der Waals surface area contributed by atoms with E-state index in [2.05, 4.69) is 34.4 Å². The van der Waals surface area contributed by atoms with Crippen molar-refractivity contribution < 1.29 is 4.79 Å². The summed E-state index contributed by atoms with van der Waals surface area (Å²) in [6, 6.07) is 10.2. The highest BCUT2D eigenvalue weighted by Crippen LogP contribution is 2.45. The maximum atomic E-state index is 13.3. The fraction of sp³-hybridized carbons (Fsp3) is 0.375. The van der Waals surface area contributed by atoms with Crippen LogP contribution in [0.4, 0.5) is 5.00 Å². The minimum absolute atomic E-state index is 0. The molecule has 33 heavy (non-hydrogen) atoms. The molecule has 0 bridgehead atoms. The van der Waals surface area contributed by atoms with Crippen LogP contribution in [-0.4, -0.2) is 38.7 Å². The molecule has 9 heteroatoms. The zero-order chi connectivity index (χ0) is 22.4. The first-order valence-corrected chi connectivity index (χ1v) is 12.7. The van der Waals surface area contributed by atoms with Gasteiger partial charge in [0.25, 0.3) is 5.91 Å². The number of thiazole rings is 1. The van der Waals surface area contributed by atoms with Gasteiger partial charge in [-0.2, -0.15) is 5.10 Å². The average Bonchev–Trinajstić information content (AvgIpc) is 3.46. The number of thiophene rings is 1. The molecule has 6 nitrogen and oxygen atoms in total. The Kier molecular flexibility index (Phi) is 6.91. The number of rotatable bonds is 5. The van der Waals surface area contributed by atoms with E-state index >= 15 is 0 Å². The van der Waals surface area contributed by atoms with Gasteiger partial charge in [0.2, 0.25) is 0 Å². The number of amides is 1. The van der Waals surface area contributed by atoms with Crippen LogP contribution in [0, 0.1) is 6.92 Å². The van der Waals surface area contributed by atoms with E-state index in [1.54, 1.807) is 27.4 Å². The molecular weight excluding hydrogens is 474 g/mol. The number of aromatic nitrogens is 3. The molecule has 4 heterocycles. The second kappa shape index (κ2) is 9.54. The predicted molar refractivity (Wildman–Crippen MR) is 140 cm³/mol. The predicted octanol–water partition coefficient (Wildman–Crippen LogP) is 6.16. The fourth-order valence-corrected chi connectivity index (χ4v) is 6.66. The third-order valence-corrected chi connectivity index (χ3v) is 8.08. The topological polar surface area (TPSA) is 63.1 Å². The molecule has 1 N–H and O–H groups in total. The van der Waals surface area contributed by atoms with Crippen LogP contribution in [-0.2, 0) is 13.0 Å². The van der Waals surface area contributed by atoms with Crippen molar-refractivity contribution >= 4 is 56.2 Å². The molecule has 0 saturated heterocycles. The molecule has 4 aromatic rings. The maximum absolute atomic E-state index is 13.3. The first-order chi connectivity index (χ1) is 15.4. The van der Waals surface area contributed by atoms with Crippen molar-refractivity contribution in [1.82, 2.24) is 19.7 Å². The molecule has 1 aromatic carbocycles. The molecule has 0 radical (unpaired) electrons. The third-order valence-electron chi connectivity index (χ3n) is 5.90. The van der Waals surface area contributed by atoms with Gasteiger partial charge in [-0.1, -0.05) is 19.1 Å². The SMILES string of the molecule is CCN1CCc2c(sc(NC(=O)c3cc(C)nn3C(C)C)c2-c2nc3ccccc3s2)C1.Cl. The highest BCUT2D eigenvalue weighted by Gasteiger charge is 2.28. The number of aryl methyl sites for hydroxylation is 1. The largest absolute Gasteiger partial charge is 0.312 e. The number of halogens is 1. The Morgan fingerprint density at radius 2 is 2.03 bits per heavy atom. The van der Waals surface area contributed by atoms with Gasteiger partial charge in [0.15, 0.2) is 0 Å². The van der Waals surface area contributed by atoms with Crippen molar-refractivity contribution in [1.29, 1.82) is 0 Å². The van der Waals surface area contributed by atoms with E-state index in [0.29, 0.717) is 5.69 Å². The molecule has 1 amide bonds. The number of hydrogen-bond donors (Lipinski definition) is 1. The summed E-state index contributed by atoms with van der Waals surface area (Å²) in [5.74, 6) is -0.118. The average molecular weight is 502 g/mol. The van der Waals surface area contributed by atoms with Gasteiger partial charge in [0.1, 0.15) is 15.7 Å². The van der Waals surface area contributed by atoms with Gasteiger partial charge < -0.3 is 5.32 Å². The van der Waals surface area contributed by atoms with Crippen molar-refractivity contribution in [2.24, 2.45) is 0 Å². The number of fused-ring (bicyclic) bond motifs is 2. The Morgan fingerprint density at radius 3 is 2.76 bits per heavy atom. The van der Waals surface area contributed by atoms with E-state index < -0.39 is 0 Å². The normalized spacial score (nSPS) is 13.8. The number of anilines is 1. The smallest absolute Gasteiger partial charge is 0.274 e. The first-order valence-electron chi connectivity index (χ1n) is 11.0. The highest BCUT2D eigenvalue weighted by atomic mass is 35.5. The van der Waals surface area contributed by atoms with E-state index in [-0.39, 0.29) is 24.4 Å². The van der Waals surface area contributed by atoms with Crippen LogP contribution in [0.25, 0.3) is 20.8 Å². The number of benzene rings is 1. The maximum Gasteiger partial charge on any atom is 0.274 e. The summed E-state index contributed by atoms with van der Waals surface area (Å²) < 4.78 is 2.97. The van der Waals surface area contributed by atoms with Crippen molar-refractivity contribution in [3.05, 3.63) is 52.2 Å². The summed E-state index contributed by atoms with van der Waals surface area (Å²) in [6.45, 7) is 11.2. The van der Waals surface area contributed by atoms with E-state index in [0.717, 1.165) is 52.8 Å². The van der Waals surface area contributed by atoms with Crippen LogP contribution in [0.2, 0.25) is 0 Å². The van der Waals surface area contributed by atoms with Gasteiger partial charge in [-0.25, -0.2) is 4.98 Å². The molecule has 0 saturated carbocycles. The van der Waals surface area contributed by atoms with Gasteiger partial charge in [0, 0.05) is 29.6 Å². The molecular formula is C24H28ClN5OS2. The lowest BCUT2D eigenvalue weighted by molar-refractivity contribution is 0.101. The van der Waals surface area contributed by atoms with Crippen LogP contribution in [0.5, 0.6) is 0 Å². The number of nitrogens with one attached hydrogen (secondary N) is 1. The Balaban J connectivity index is 0.00000259. The van der Waals surface area contributed by atoms with Crippen molar-refractivity contribution in [2.75, 3.05) is 18.4 Å². The van der Waals surface area contributed by atoms with Gasteiger partial charge in [-0.3, -0.25) is 14.4 Å². The van der Waals surface area contributed by atoms with E-state index in [9.17, 15) is 4.79 Å². The quantitative estimate of drug-likeness (QED) is 0.355. The van der Waals surface area contributed by atoms with E-state index in [1.807, 2.05) is 39.0 Å². The number of para-hydroxylation sites is 1. The zero-order valence-corrected chi connectivity index (χ0v) is 21.7. The fourth-order valence-electron chi connectivity index (χ4n) is 4.27. The van der Waals surface area contributed by atoms with Crippen LogP contribution >= 0.6 is 35.1 Å². The van der Waals surface area contributed by atoms with Crippen molar-refractivity contribution in [3.63, 3.8) is 0 Å². The molecule has 1 aliphatic rings. The van der Waals surface area contributed by atoms with Crippen LogP contribution in [0.1, 0.15) is 53.4 Å². The summed E-state index contributed by atoms with van der Waals surface area (Å²) in [7, 11) is 0. The minimum atomic E-state index is -0.118. The lowest BCUT2D eigenvalue weighted by Crippen LogP contribution is -2.29. The van der Waals surface area contributed by atoms with E-state index in [1.165, 1.54) is 15.1 Å². The standard InChI is InChI=1S/C24H27N5OS2.ClH/c1-5-28-11-10-16-20(13-28)32-24(21(16)23-25-17-8-6-7-9-19(17)31-23)26-22(30)18-12-15(4)27-29(18)14(2)3;/h6-9,12,14H,5,10-11,13H2,1-4H3,(H,26,30);1H. The van der Waals surface area contributed by atoms with Gasteiger partial charge in [-0.15, -0.1) is 35.1 Å². The van der Waals surface area contributed by atoms with Crippen LogP contribution in [0.3, 0.4) is 0 Å². The molecule has 0 unspecified atom stereocenters. The summed E-state index contributed by atoms with van der Waals surface area (Å²) in [5, 5.41) is 9.62. The molecule has 1 aliphatic heterocycles. The number of hydrogen-bond acceptors (Lipinski definition) is 6. The summed E-state index contributed by atoms with van der Waals surface area (Å²) >= 11 is 3.39. The van der Waals surface area contributed by atoms with Gasteiger partial charge >= 0.3 is 0 Å². The summed E-state index contributed by atoms with van der Waals surface area (Å²) in [5.41, 5.74) is 4.88. The van der Waals surface area contributed by atoms with E-state index in [4.69, 9.17) is 4.98 Å². The molecule has 0 spiro atoms. The van der Waals surface area contributed by atoms with Crippen LogP contribution < -0.4 is 5.32 Å². The number of likely N-dealkylation sites (N-methyl/N-ethyl adjacent to an activating group) is 1. The van der Waals surface area contributed by atoms with Crippen LogP contribution in [0.15, 0.2) is 30.3 Å². The number of carbonyl (C=O) groups is 1. The number of nitrogens with zero attached hydrogens (tertiary/aromatic N) is 4. The second-order valence-corrected chi connectivity index (χ2v) is 10.6. The monoisotopic (exact) mass is 501 g/mol. The lowest BCUT2D eigenvalue weighted by atomic mass is 10.0. The van der Waals surface area contributed by atoms with Crippen molar-refractivity contribution in [2.45, 2.75) is 46.7 Å². The zero-order valence-electron chi connectivity index (χ0n) is 19.2. The Labute approximate surface area is 208 Å². The Bertz CT molecular complexity index is 1270. The molecule has 0 fully saturated rings. The minimum Gasteiger partial charge on any atom is -0.312 e. The second-order valence-electron chi connectivity index (χ2n) is 8.48. The molecule has 174 valence electrons. The Hall–Kier alpha value is -2.26. The lowest BCUT2D eigenvalue weighted by Gasteiger charge is -2.25. The summed E-state index contributed by atoms with van der Waals surface area (Å²) in [4.78, 5) is 22.1. The van der Waals surface area contributed by atoms with Crippen molar-refractivity contribution in [3.8, 4) is 10.6 Å². The first kappa shape index (κ1) is 23.9. The molecule has 5 rings (SSSR count). The molecule has 0 atom stereocenters. The molecule has 0 aliphatic carbocycles. The molecule has 3 aromatic heterocycles. The van der Waals surface area contributed by atoms with Gasteiger partial charge in [-0.05, 0) is 57.5 Å². The van der Waals surface area contributed by atoms with Gasteiger partial charge in [0.05, 0.1) is 15.9 Å². The number of carbonyl (C=O) groups excluding carboxylic acids is 1. The highest BCUT2D eigenvalue weighted by molar-refractivity contribution is 7.23. The third kappa shape index (κ3) is 4.45.